The van der Waals surface area contributed by atoms with Gasteiger partial charge < -0.3 is 20.4 Å². The van der Waals surface area contributed by atoms with Gasteiger partial charge in [0.05, 0.1) is 5.56 Å². The summed E-state index contributed by atoms with van der Waals surface area (Å²) in [5.74, 6) is -5.26. The van der Waals surface area contributed by atoms with Crippen molar-refractivity contribution in [3.05, 3.63) is 105 Å². The summed E-state index contributed by atoms with van der Waals surface area (Å²) in [6.07, 6.45) is 3.84. The number of phenols is 1. The lowest BCUT2D eigenvalue weighted by molar-refractivity contribution is -0.178. The van der Waals surface area contributed by atoms with E-state index < -0.39 is 56.8 Å². The molecule has 6 rings (SSSR count). The van der Waals surface area contributed by atoms with E-state index in [1.807, 2.05) is 13.0 Å². The van der Waals surface area contributed by atoms with Crippen LogP contribution >= 0.6 is 0 Å². The Bertz CT molecular complexity index is 2010. The number of phenolic OH excluding ortho intramolecular Hbond substituents is 1. The molecule has 7 heteroatoms. The fourth-order valence-electron chi connectivity index (χ4n) is 9.67. The summed E-state index contributed by atoms with van der Waals surface area (Å²) < 4.78 is 0. The summed E-state index contributed by atoms with van der Waals surface area (Å²) in [7, 11) is 0. The van der Waals surface area contributed by atoms with Gasteiger partial charge in [-0.25, -0.2) is 0 Å². The van der Waals surface area contributed by atoms with Crippen molar-refractivity contribution in [2.24, 2.45) is 22.7 Å². The Kier molecular flexibility index (Phi) is 8.75. The number of ketones is 3. The highest BCUT2D eigenvalue weighted by Gasteiger charge is 2.72. The SMILES string of the molecule is CCc1ccc(CCCc2cccc(C)c2)cc1-c1ccc(O)c2c1C[C@]1(C)C[C@]3(C)C(C(C)C)C(=O)C(C(C)=O)=C(O)[C@]3(O)C(=O)C1=C2O. The van der Waals surface area contributed by atoms with E-state index in [2.05, 4.69) is 56.3 Å². The molecule has 0 bridgehead atoms. The van der Waals surface area contributed by atoms with Gasteiger partial charge >= 0.3 is 0 Å². The highest BCUT2D eigenvalue weighted by Crippen LogP contribution is 2.65. The second-order valence-electron chi connectivity index (χ2n) is 15.6. The first-order valence-corrected chi connectivity index (χ1v) is 17.7. The average molecular weight is 677 g/mol. The molecule has 1 saturated carbocycles. The summed E-state index contributed by atoms with van der Waals surface area (Å²) in [4.78, 5) is 41.2. The molecule has 7 nitrogen and oxygen atoms in total. The van der Waals surface area contributed by atoms with Crippen LogP contribution in [0.5, 0.6) is 5.75 Å². The van der Waals surface area contributed by atoms with Crippen molar-refractivity contribution in [2.45, 2.75) is 92.6 Å². The van der Waals surface area contributed by atoms with Crippen LogP contribution < -0.4 is 0 Å². The quantitative estimate of drug-likeness (QED) is 0.178. The minimum absolute atomic E-state index is 0.0552. The van der Waals surface area contributed by atoms with E-state index in [0.29, 0.717) is 5.56 Å². The maximum absolute atomic E-state index is 14.7. The van der Waals surface area contributed by atoms with Crippen molar-refractivity contribution in [1.29, 1.82) is 0 Å². The maximum Gasteiger partial charge on any atom is 0.203 e. The lowest BCUT2D eigenvalue weighted by Gasteiger charge is -2.59. The number of carbonyl (C=O) groups excluding carboxylic acids is 3. The van der Waals surface area contributed by atoms with Gasteiger partial charge in [0.25, 0.3) is 0 Å². The van der Waals surface area contributed by atoms with Crippen molar-refractivity contribution >= 4 is 23.1 Å². The average Bonchev–Trinajstić information content (AvgIpc) is 3.02. The van der Waals surface area contributed by atoms with Crippen LogP contribution in [0, 0.1) is 29.6 Å². The molecule has 0 heterocycles. The molecule has 1 fully saturated rings. The minimum Gasteiger partial charge on any atom is -0.508 e. The van der Waals surface area contributed by atoms with Crippen LogP contribution in [-0.4, -0.2) is 43.4 Å². The Balaban J connectivity index is 1.49. The van der Waals surface area contributed by atoms with Crippen molar-refractivity contribution in [2.75, 3.05) is 0 Å². The molecule has 262 valence electrons. The molecule has 0 aliphatic heterocycles. The second-order valence-corrected chi connectivity index (χ2v) is 15.6. The van der Waals surface area contributed by atoms with E-state index in [0.717, 1.165) is 49.3 Å². The van der Waals surface area contributed by atoms with Gasteiger partial charge in [0.15, 0.2) is 17.2 Å². The lowest BCUT2D eigenvalue weighted by Crippen LogP contribution is -2.69. The molecule has 4 atom stereocenters. The van der Waals surface area contributed by atoms with Gasteiger partial charge in [-0.15, -0.1) is 0 Å². The standard InChI is InChI=1S/C43H48O7/c1-8-28-16-15-27(14-10-13-26-12-9-11-24(4)19-26)20-30(28)29-17-18-32(45)34-31(29)21-41(6)22-42(7)35(23(2)3)37(46)33(25(5)44)39(48)43(42,50)40(49)36(41)38(34)47/h9,11-12,15-20,23,35,45,47-48,50H,8,10,13-14,21-22H2,1-7H3/t35?,41-,42-,43+/m1/s1. The largest absolute Gasteiger partial charge is 0.508 e. The van der Waals surface area contributed by atoms with Crippen molar-refractivity contribution in [3.63, 3.8) is 0 Å². The summed E-state index contributed by atoms with van der Waals surface area (Å²) in [5, 5.41) is 47.0. The molecular weight excluding hydrogens is 628 g/mol. The zero-order valence-corrected chi connectivity index (χ0v) is 30.1. The molecule has 3 aromatic rings. The molecular formula is C43H48O7. The summed E-state index contributed by atoms with van der Waals surface area (Å²) in [6, 6.07) is 18.4. The van der Waals surface area contributed by atoms with Gasteiger partial charge in [-0.05, 0) is 97.7 Å². The number of aromatic hydroxyl groups is 1. The van der Waals surface area contributed by atoms with Crippen LogP contribution in [0.15, 0.2) is 71.5 Å². The first kappa shape index (κ1) is 35.3. The molecule has 0 spiro atoms. The third-order valence-corrected chi connectivity index (χ3v) is 11.7. The van der Waals surface area contributed by atoms with Crippen molar-refractivity contribution in [3.8, 4) is 16.9 Å². The number of aliphatic hydroxyl groups is 3. The van der Waals surface area contributed by atoms with Crippen molar-refractivity contribution < 1.29 is 34.8 Å². The number of benzene rings is 3. The number of aryl methyl sites for hydroxylation is 4. The van der Waals surface area contributed by atoms with Crippen LogP contribution in [-0.2, 0) is 40.1 Å². The first-order chi connectivity index (χ1) is 23.5. The predicted octanol–water partition coefficient (Wildman–Crippen LogP) is 7.90. The van der Waals surface area contributed by atoms with Gasteiger partial charge in [-0.1, -0.05) is 88.7 Å². The molecule has 3 aliphatic carbocycles. The Morgan fingerprint density at radius 2 is 1.62 bits per heavy atom. The summed E-state index contributed by atoms with van der Waals surface area (Å²) in [6.45, 7) is 12.4. The highest BCUT2D eigenvalue weighted by atomic mass is 16.3. The van der Waals surface area contributed by atoms with E-state index in [-0.39, 0.29) is 35.6 Å². The zero-order chi connectivity index (χ0) is 36.5. The number of rotatable bonds is 8. The molecule has 0 amide bonds. The van der Waals surface area contributed by atoms with Gasteiger partial charge in [-0.2, -0.15) is 0 Å². The molecule has 4 N–H and O–H groups in total. The number of hydrogen-bond donors (Lipinski definition) is 4. The number of aliphatic hydroxyl groups excluding tert-OH is 2. The molecule has 3 aliphatic rings. The fraction of sp³-hybridized carbons (Fsp3) is 0.419. The van der Waals surface area contributed by atoms with Crippen LogP contribution in [0.4, 0.5) is 0 Å². The Morgan fingerprint density at radius 1 is 0.940 bits per heavy atom. The first-order valence-electron chi connectivity index (χ1n) is 17.7. The smallest absolute Gasteiger partial charge is 0.203 e. The van der Waals surface area contributed by atoms with Crippen LogP contribution in [0.2, 0.25) is 0 Å². The molecule has 0 aromatic heterocycles. The minimum atomic E-state index is -2.63. The molecule has 50 heavy (non-hydrogen) atoms. The normalized spacial score (nSPS) is 26.2. The summed E-state index contributed by atoms with van der Waals surface area (Å²) in [5.41, 5.74) is 1.51. The van der Waals surface area contributed by atoms with Gasteiger partial charge in [0, 0.05) is 22.3 Å². The van der Waals surface area contributed by atoms with E-state index in [9.17, 15) is 34.8 Å². The molecule has 3 aromatic carbocycles. The lowest BCUT2D eigenvalue weighted by atomic mass is 9.43. The third-order valence-electron chi connectivity index (χ3n) is 11.7. The van der Waals surface area contributed by atoms with E-state index in [1.165, 1.54) is 22.8 Å². The van der Waals surface area contributed by atoms with E-state index in [1.54, 1.807) is 20.8 Å². The fourth-order valence-corrected chi connectivity index (χ4v) is 9.67. The number of fused-ring (bicyclic) bond motifs is 3. The van der Waals surface area contributed by atoms with E-state index in [4.69, 9.17) is 0 Å². The molecule has 0 saturated heterocycles. The predicted molar refractivity (Wildman–Crippen MR) is 194 cm³/mol. The van der Waals surface area contributed by atoms with Gasteiger partial charge in [-0.3, -0.25) is 14.4 Å². The third kappa shape index (κ3) is 5.15. The number of hydrogen-bond acceptors (Lipinski definition) is 7. The Morgan fingerprint density at radius 3 is 2.24 bits per heavy atom. The number of Topliss-reactive ketones (excluding diaryl/α,β-unsaturated/α-hetero) is 3. The van der Waals surface area contributed by atoms with Crippen LogP contribution in [0.3, 0.4) is 0 Å². The van der Waals surface area contributed by atoms with Gasteiger partial charge in [0.2, 0.25) is 5.78 Å². The van der Waals surface area contributed by atoms with Crippen LogP contribution in [0.1, 0.15) is 87.8 Å². The van der Waals surface area contributed by atoms with E-state index >= 15 is 0 Å². The van der Waals surface area contributed by atoms with Gasteiger partial charge in [0.1, 0.15) is 22.8 Å². The maximum atomic E-state index is 14.7. The second kappa shape index (κ2) is 12.4. The zero-order valence-electron chi connectivity index (χ0n) is 30.1. The number of carbonyl (C=O) groups is 3. The monoisotopic (exact) mass is 676 g/mol. The Hall–Kier alpha value is -4.49. The molecule has 1 unspecified atom stereocenters. The molecule has 0 radical (unpaired) electrons. The van der Waals surface area contributed by atoms with Crippen LogP contribution in [0.25, 0.3) is 16.9 Å². The summed E-state index contributed by atoms with van der Waals surface area (Å²) >= 11 is 0. The number of allylic oxidation sites excluding steroid dienone is 1. The van der Waals surface area contributed by atoms with Crippen molar-refractivity contribution in [1.82, 2.24) is 0 Å². The highest BCUT2D eigenvalue weighted by molar-refractivity contribution is 6.24. The Labute approximate surface area is 294 Å². The topological polar surface area (TPSA) is 132 Å².